The van der Waals surface area contributed by atoms with Gasteiger partial charge in [-0.05, 0) is 31.7 Å². The van der Waals surface area contributed by atoms with Crippen LogP contribution < -0.4 is 5.32 Å². The summed E-state index contributed by atoms with van der Waals surface area (Å²) in [6, 6.07) is 2.08. The SMILES string of the molecule is FC(F)(F)C1CCC(NCCn2cccn2)CC1. The molecular formula is C12H18F3N3. The monoisotopic (exact) mass is 261 g/mol. The minimum Gasteiger partial charge on any atom is -0.312 e. The van der Waals surface area contributed by atoms with Gasteiger partial charge in [-0.1, -0.05) is 0 Å². The van der Waals surface area contributed by atoms with Gasteiger partial charge in [-0.25, -0.2) is 0 Å². The maximum Gasteiger partial charge on any atom is 0.391 e. The molecule has 1 aliphatic rings. The zero-order valence-electron chi connectivity index (χ0n) is 10.2. The van der Waals surface area contributed by atoms with Gasteiger partial charge in [0.2, 0.25) is 0 Å². The fourth-order valence-corrected chi connectivity index (χ4v) is 2.44. The predicted octanol–water partition coefficient (Wildman–Crippen LogP) is 2.59. The topological polar surface area (TPSA) is 29.9 Å². The van der Waals surface area contributed by atoms with E-state index in [1.54, 1.807) is 6.20 Å². The maximum absolute atomic E-state index is 12.5. The van der Waals surface area contributed by atoms with E-state index in [4.69, 9.17) is 0 Å². The van der Waals surface area contributed by atoms with Crippen LogP contribution in [0.3, 0.4) is 0 Å². The van der Waals surface area contributed by atoms with Crippen molar-refractivity contribution in [3.05, 3.63) is 18.5 Å². The van der Waals surface area contributed by atoms with E-state index in [0.717, 1.165) is 13.1 Å². The van der Waals surface area contributed by atoms with E-state index in [1.165, 1.54) is 0 Å². The van der Waals surface area contributed by atoms with E-state index in [1.807, 2.05) is 16.9 Å². The smallest absolute Gasteiger partial charge is 0.312 e. The van der Waals surface area contributed by atoms with Crippen molar-refractivity contribution >= 4 is 0 Å². The molecule has 0 atom stereocenters. The van der Waals surface area contributed by atoms with Gasteiger partial charge in [-0.3, -0.25) is 4.68 Å². The molecule has 1 aromatic heterocycles. The number of halogens is 3. The fraction of sp³-hybridized carbons (Fsp3) is 0.750. The van der Waals surface area contributed by atoms with Crippen molar-refractivity contribution < 1.29 is 13.2 Å². The minimum absolute atomic E-state index is 0.221. The van der Waals surface area contributed by atoms with Crippen molar-refractivity contribution in [2.24, 2.45) is 5.92 Å². The molecule has 1 saturated carbocycles. The van der Waals surface area contributed by atoms with E-state index >= 15 is 0 Å². The molecule has 18 heavy (non-hydrogen) atoms. The summed E-state index contributed by atoms with van der Waals surface area (Å²) in [5, 5.41) is 7.37. The first-order valence-corrected chi connectivity index (χ1v) is 6.33. The second-order valence-electron chi connectivity index (χ2n) is 4.81. The van der Waals surface area contributed by atoms with Crippen molar-refractivity contribution in [1.82, 2.24) is 15.1 Å². The zero-order chi connectivity index (χ0) is 13.0. The summed E-state index contributed by atoms with van der Waals surface area (Å²) in [5.74, 6) is -1.10. The molecule has 1 aromatic rings. The summed E-state index contributed by atoms with van der Waals surface area (Å²) in [7, 11) is 0. The normalized spacial score (nSPS) is 25.3. The Morgan fingerprint density at radius 3 is 2.50 bits per heavy atom. The molecule has 0 bridgehead atoms. The third-order valence-electron chi connectivity index (χ3n) is 3.52. The number of hydrogen-bond acceptors (Lipinski definition) is 2. The Labute approximate surface area is 104 Å². The van der Waals surface area contributed by atoms with Crippen LogP contribution in [0.25, 0.3) is 0 Å². The second kappa shape index (κ2) is 5.73. The fourth-order valence-electron chi connectivity index (χ4n) is 2.44. The standard InChI is InChI=1S/C12H18F3N3/c13-12(14,15)10-2-4-11(5-3-10)16-7-9-18-8-1-6-17-18/h1,6,8,10-11,16H,2-5,7,9H2. The van der Waals surface area contributed by atoms with Crippen LogP contribution in [-0.4, -0.2) is 28.5 Å². The largest absolute Gasteiger partial charge is 0.391 e. The van der Waals surface area contributed by atoms with Gasteiger partial charge in [0.05, 0.1) is 12.5 Å². The van der Waals surface area contributed by atoms with Crippen LogP contribution in [0.5, 0.6) is 0 Å². The van der Waals surface area contributed by atoms with Crippen LogP contribution in [-0.2, 0) is 6.54 Å². The van der Waals surface area contributed by atoms with Gasteiger partial charge in [0.25, 0.3) is 0 Å². The van der Waals surface area contributed by atoms with Crippen LogP contribution in [0.15, 0.2) is 18.5 Å². The molecule has 0 aromatic carbocycles. The van der Waals surface area contributed by atoms with Gasteiger partial charge in [-0.2, -0.15) is 18.3 Å². The highest BCUT2D eigenvalue weighted by molar-refractivity contribution is 4.81. The predicted molar refractivity (Wildman–Crippen MR) is 62.0 cm³/mol. The van der Waals surface area contributed by atoms with E-state index < -0.39 is 12.1 Å². The van der Waals surface area contributed by atoms with Gasteiger partial charge in [0, 0.05) is 25.0 Å². The first-order valence-electron chi connectivity index (χ1n) is 6.33. The number of rotatable bonds is 4. The van der Waals surface area contributed by atoms with Crippen LogP contribution in [0, 0.1) is 5.92 Å². The van der Waals surface area contributed by atoms with Crippen LogP contribution in [0.2, 0.25) is 0 Å². The number of nitrogens with one attached hydrogen (secondary N) is 1. The molecule has 1 aliphatic carbocycles. The first-order chi connectivity index (χ1) is 8.55. The summed E-state index contributed by atoms with van der Waals surface area (Å²) in [6.07, 6.45) is 1.31. The zero-order valence-corrected chi connectivity index (χ0v) is 10.2. The van der Waals surface area contributed by atoms with E-state index in [0.29, 0.717) is 12.8 Å². The van der Waals surface area contributed by atoms with Gasteiger partial charge in [-0.15, -0.1) is 0 Å². The molecule has 0 saturated heterocycles. The molecule has 102 valence electrons. The lowest BCUT2D eigenvalue weighted by Crippen LogP contribution is -2.38. The number of nitrogens with zero attached hydrogens (tertiary/aromatic N) is 2. The molecule has 1 fully saturated rings. The van der Waals surface area contributed by atoms with E-state index in [9.17, 15) is 13.2 Å². The lowest BCUT2D eigenvalue weighted by Gasteiger charge is -2.30. The molecule has 0 aliphatic heterocycles. The van der Waals surface area contributed by atoms with Gasteiger partial charge < -0.3 is 5.32 Å². The third kappa shape index (κ3) is 3.73. The minimum atomic E-state index is -4.01. The summed E-state index contributed by atoms with van der Waals surface area (Å²) < 4.78 is 39.2. The van der Waals surface area contributed by atoms with Crippen molar-refractivity contribution in [3.8, 4) is 0 Å². The molecule has 0 radical (unpaired) electrons. The summed E-state index contributed by atoms with van der Waals surface area (Å²) in [6.45, 7) is 1.51. The molecule has 3 nitrogen and oxygen atoms in total. The summed E-state index contributed by atoms with van der Waals surface area (Å²) in [5.41, 5.74) is 0. The van der Waals surface area contributed by atoms with Crippen molar-refractivity contribution in [1.29, 1.82) is 0 Å². The molecule has 0 unspecified atom stereocenters. The highest BCUT2D eigenvalue weighted by atomic mass is 19.4. The van der Waals surface area contributed by atoms with E-state index in [2.05, 4.69) is 10.4 Å². The van der Waals surface area contributed by atoms with Crippen LogP contribution in [0.1, 0.15) is 25.7 Å². The van der Waals surface area contributed by atoms with Gasteiger partial charge in [0.1, 0.15) is 0 Å². The summed E-state index contributed by atoms with van der Waals surface area (Å²) in [4.78, 5) is 0. The molecule has 2 rings (SSSR count). The molecule has 0 amide bonds. The Bertz CT molecular complexity index is 340. The Kier molecular flexibility index (Phi) is 4.27. The summed E-state index contributed by atoms with van der Waals surface area (Å²) >= 11 is 0. The average molecular weight is 261 g/mol. The van der Waals surface area contributed by atoms with E-state index in [-0.39, 0.29) is 18.9 Å². The second-order valence-corrected chi connectivity index (χ2v) is 4.81. The Balaban J connectivity index is 1.65. The maximum atomic E-state index is 12.5. The van der Waals surface area contributed by atoms with Crippen molar-refractivity contribution in [2.75, 3.05) is 6.54 Å². The van der Waals surface area contributed by atoms with Crippen molar-refractivity contribution in [2.45, 2.75) is 44.4 Å². The van der Waals surface area contributed by atoms with Crippen molar-refractivity contribution in [3.63, 3.8) is 0 Å². The van der Waals surface area contributed by atoms with Gasteiger partial charge >= 0.3 is 6.18 Å². The highest BCUT2D eigenvalue weighted by Crippen LogP contribution is 2.37. The molecule has 1 N–H and O–H groups in total. The van der Waals surface area contributed by atoms with Crippen LogP contribution in [0.4, 0.5) is 13.2 Å². The number of alkyl halides is 3. The van der Waals surface area contributed by atoms with Crippen LogP contribution >= 0.6 is 0 Å². The lowest BCUT2D eigenvalue weighted by atomic mass is 9.85. The quantitative estimate of drug-likeness (QED) is 0.902. The number of aromatic nitrogens is 2. The highest BCUT2D eigenvalue weighted by Gasteiger charge is 2.41. The molecular weight excluding hydrogens is 243 g/mol. The molecule has 6 heteroatoms. The average Bonchev–Trinajstić information content (AvgIpc) is 2.82. The Morgan fingerprint density at radius 1 is 1.22 bits per heavy atom. The molecule has 0 spiro atoms. The van der Waals surface area contributed by atoms with Gasteiger partial charge in [0.15, 0.2) is 0 Å². The Morgan fingerprint density at radius 2 is 1.94 bits per heavy atom. The lowest BCUT2D eigenvalue weighted by molar-refractivity contribution is -0.182. The third-order valence-corrected chi connectivity index (χ3v) is 3.52. The first kappa shape index (κ1) is 13.4. The molecule has 1 heterocycles. The Hall–Kier alpha value is -1.04. The number of hydrogen-bond donors (Lipinski definition) is 1.